The minimum atomic E-state index is -0.00397. The highest BCUT2D eigenvalue weighted by Crippen LogP contribution is 2.22. The second-order valence-corrected chi connectivity index (χ2v) is 6.59. The van der Waals surface area contributed by atoms with Gasteiger partial charge in [-0.15, -0.1) is 11.8 Å². The summed E-state index contributed by atoms with van der Waals surface area (Å²) in [6, 6.07) is 15.6. The molecule has 4 heteroatoms. The van der Waals surface area contributed by atoms with Gasteiger partial charge in [-0.25, -0.2) is 0 Å². The molecule has 0 aliphatic heterocycles. The van der Waals surface area contributed by atoms with Crippen LogP contribution in [0.5, 0.6) is 0 Å². The lowest BCUT2D eigenvalue weighted by molar-refractivity contribution is 0.0950. The number of halogens is 1. The van der Waals surface area contributed by atoms with Crippen molar-refractivity contribution in [1.29, 1.82) is 0 Å². The summed E-state index contributed by atoms with van der Waals surface area (Å²) in [6.45, 7) is 2.73. The van der Waals surface area contributed by atoms with E-state index in [2.05, 4.69) is 12.2 Å². The van der Waals surface area contributed by atoms with Gasteiger partial charge in [-0.2, -0.15) is 0 Å². The Morgan fingerprint density at radius 2 is 1.86 bits per heavy atom. The van der Waals surface area contributed by atoms with Gasteiger partial charge in [0, 0.05) is 16.5 Å². The lowest BCUT2D eigenvalue weighted by atomic mass is 10.1. The van der Waals surface area contributed by atoms with Gasteiger partial charge in [0.15, 0.2) is 0 Å². The zero-order chi connectivity index (χ0) is 15.8. The van der Waals surface area contributed by atoms with Crippen molar-refractivity contribution in [3.05, 3.63) is 64.7 Å². The van der Waals surface area contributed by atoms with E-state index in [9.17, 15) is 4.79 Å². The summed E-state index contributed by atoms with van der Waals surface area (Å²) in [5.41, 5.74) is 1.88. The third kappa shape index (κ3) is 4.79. The average Bonchev–Trinajstić information content (AvgIpc) is 2.54. The molecule has 0 radical (unpaired) electrons. The molecule has 2 nitrogen and oxygen atoms in total. The molecule has 0 bridgehead atoms. The van der Waals surface area contributed by atoms with Gasteiger partial charge in [0.05, 0.1) is 5.56 Å². The first-order valence-corrected chi connectivity index (χ1v) is 8.82. The number of carbonyl (C=O) groups is 1. The number of thioether (sulfide) groups is 1. The fourth-order valence-corrected chi connectivity index (χ4v) is 3.24. The summed E-state index contributed by atoms with van der Waals surface area (Å²) < 4.78 is 0. The van der Waals surface area contributed by atoms with Crippen LogP contribution in [-0.4, -0.2) is 18.2 Å². The Kier molecular flexibility index (Phi) is 6.81. The van der Waals surface area contributed by atoms with Crippen LogP contribution >= 0.6 is 23.4 Å². The summed E-state index contributed by atoms with van der Waals surface area (Å²) in [5, 5.41) is 3.78. The van der Waals surface area contributed by atoms with Crippen LogP contribution in [-0.2, 0) is 6.42 Å². The Morgan fingerprint density at radius 1 is 1.14 bits per heavy atom. The molecule has 0 atom stereocenters. The van der Waals surface area contributed by atoms with E-state index in [0.717, 1.165) is 39.6 Å². The normalized spacial score (nSPS) is 10.5. The molecule has 0 aliphatic rings. The van der Waals surface area contributed by atoms with Crippen molar-refractivity contribution in [3.8, 4) is 0 Å². The number of carbonyl (C=O) groups excluding carboxylic acids is 1. The zero-order valence-corrected chi connectivity index (χ0v) is 14.2. The molecule has 22 heavy (non-hydrogen) atoms. The molecule has 2 aromatic rings. The maximum absolute atomic E-state index is 12.3. The molecule has 1 N–H and O–H groups in total. The van der Waals surface area contributed by atoms with Gasteiger partial charge in [-0.1, -0.05) is 48.9 Å². The quantitative estimate of drug-likeness (QED) is 0.581. The molecule has 0 aliphatic carbocycles. The second kappa shape index (κ2) is 8.86. The standard InChI is InChI=1S/C18H20ClNOS/c1-2-22-17-12-6-4-10-15(17)18(21)20-13-7-9-14-8-3-5-11-16(14)19/h3-6,8,10-12H,2,7,9,13H2,1H3,(H,20,21). The number of nitrogens with one attached hydrogen (secondary N) is 1. The number of amides is 1. The van der Waals surface area contributed by atoms with Gasteiger partial charge in [-0.05, 0) is 42.4 Å². The van der Waals surface area contributed by atoms with E-state index in [1.165, 1.54) is 0 Å². The van der Waals surface area contributed by atoms with E-state index < -0.39 is 0 Å². The predicted molar refractivity (Wildman–Crippen MR) is 94.9 cm³/mol. The first-order valence-electron chi connectivity index (χ1n) is 7.45. The highest BCUT2D eigenvalue weighted by atomic mass is 35.5. The zero-order valence-electron chi connectivity index (χ0n) is 12.6. The topological polar surface area (TPSA) is 29.1 Å². The molecule has 0 spiro atoms. The van der Waals surface area contributed by atoms with Gasteiger partial charge in [0.2, 0.25) is 0 Å². The van der Waals surface area contributed by atoms with Crippen LogP contribution in [0.2, 0.25) is 5.02 Å². The van der Waals surface area contributed by atoms with Crippen LogP contribution in [0, 0.1) is 0 Å². The molecule has 116 valence electrons. The summed E-state index contributed by atoms with van der Waals surface area (Å²) in [7, 11) is 0. The van der Waals surface area contributed by atoms with E-state index in [-0.39, 0.29) is 5.91 Å². The van der Waals surface area contributed by atoms with Crippen molar-refractivity contribution in [2.24, 2.45) is 0 Å². The number of benzene rings is 2. The van der Waals surface area contributed by atoms with Crippen molar-refractivity contribution >= 4 is 29.3 Å². The molecule has 0 saturated heterocycles. The predicted octanol–water partition coefficient (Wildman–Crippen LogP) is 4.81. The van der Waals surface area contributed by atoms with Gasteiger partial charge in [0.25, 0.3) is 5.91 Å². The van der Waals surface area contributed by atoms with Crippen LogP contribution in [0.3, 0.4) is 0 Å². The van der Waals surface area contributed by atoms with Crippen LogP contribution in [0.1, 0.15) is 29.3 Å². The SMILES string of the molecule is CCSc1ccccc1C(=O)NCCCc1ccccc1Cl. The molecule has 0 unspecified atom stereocenters. The minimum absolute atomic E-state index is 0.00397. The van der Waals surface area contributed by atoms with Crippen LogP contribution in [0.25, 0.3) is 0 Å². The average molecular weight is 334 g/mol. The van der Waals surface area contributed by atoms with Crippen molar-refractivity contribution in [3.63, 3.8) is 0 Å². The van der Waals surface area contributed by atoms with Gasteiger partial charge in [-0.3, -0.25) is 4.79 Å². The Hall–Kier alpha value is -1.45. The van der Waals surface area contributed by atoms with Crippen molar-refractivity contribution < 1.29 is 4.79 Å². The van der Waals surface area contributed by atoms with Crippen molar-refractivity contribution in [1.82, 2.24) is 5.32 Å². The first kappa shape index (κ1) is 16.9. The van der Waals surface area contributed by atoms with Crippen LogP contribution in [0.15, 0.2) is 53.4 Å². The molecule has 0 aromatic heterocycles. The third-order valence-electron chi connectivity index (χ3n) is 3.30. The van der Waals surface area contributed by atoms with E-state index in [0.29, 0.717) is 6.54 Å². The van der Waals surface area contributed by atoms with Crippen molar-refractivity contribution in [2.75, 3.05) is 12.3 Å². The number of rotatable bonds is 7. The lowest BCUT2D eigenvalue weighted by Gasteiger charge is -2.09. The Morgan fingerprint density at radius 3 is 2.64 bits per heavy atom. The maximum Gasteiger partial charge on any atom is 0.252 e. The summed E-state index contributed by atoms with van der Waals surface area (Å²) in [5.74, 6) is 0.951. The van der Waals surface area contributed by atoms with Gasteiger partial charge in [0.1, 0.15) is 0 Å². The summed E-state index contributed by atoms with van der Waals surface area (Å²) in [6.07, 6.45) is 1.74. The van der Waals surface area contributed by atoms with Crippen molar-refractivity contribution in [2.45, 2.75) is 24.7 Å². The Balaban J connectivity index is 1.85. The summed E-state index contributed by atoms with van der Waals surface area (Å²) >= 11 is 7.82. The molecule has 2 aromatic carbocycles. The Labute approximate surface area is 141 Å². The second-order valence-electron chi connectivity index (χ2n) is 4.88. The van der Waals surface area contributed by atoms with Gasteiger partial charge >= 0.3 is 0 Å². The number of hydrogen-bond donors (Lipinski definition) is 1. The molecule has 0 heterocycles. The van der Waals surface area contributed by atoms with E-state index >= 15 is 0 Å². The molecular weight excluding hydrogens is 314 g/mol. The molecule has 2 rings (SSSR count). The van der Waals surface area contributed by atoms with Crippen LogP contribution in [0.4, 0.5) is 0 Å². The Bertz CT molecular complexity index is 630. The van der Waals surface area contributed by atoms with Gasteiger partial charge < -0.3 is 5.32 Å². The largest absolute Gasteiger partial charge is 0.352 e. The molecule has 1 amide bonds. The van der Waals surface area contributed by atoms with Crippen LogP contribution < -0.4 is 5.32 Å². The highest BCUT2D eigenvalue weighted by Gasteiger charge is 2.10. The van der Waals surface area contributed by atoms with E-state index in [4.69, 9.17) is 11.6 Å². The van der Waals surface area contributed by atoms with E-state index in [1.54, 1.807) is 11.8 Å². The number of hydrogen-bond acceptors (Lipinski definition) is 2. The monoisotopic (exact) mass is 333 g/mol. The molecular formula is C18H20ClNOS. The lowest BCUT2D eigenvalue weighted by Crippen LogP contribution is -2.25. The fraction of sp³-hybridized carbons (Fsp3) is 0.278. The number of aryl methyl sites for hydroxylation is 1. The smallest absolute Gasteiger partial charge is 0.252 e. The molecule has 0 saturated carbocycles. The minimum Gasteiger partial charge on any atom is -0.352 e. The summed E-state index contributed by atoms with van der Waals surface area (Å²) in [4.78, 5) is 13.3. The third-order valence-corrected chi connectivity index (χ3v) is 4.62. The highest BCUT2D eigenvalue weighted by molar-refractivity contribution is 7.99. The molecule has 0 fully saturated rings. The maximum atomic E-state index is 12.3. The first-order chi connectivity index (χ1) is 10.7. The fourth-order valence-electron chi connectivity index (χ4n) is 2.21. The van der Waals surface area contributed by atoms with E-state index in [1.807, 2.05) is 48.5 Å².